The molecule has 5 nitrogen and oxygen atoms in total. The predicted octanol–water partition coefficient (Wildman–Crippen LogP) is 5.28. The molecule has 0 radical (unpaired) electrons. The van der Waals surface area contributed by atoms with Crippen molar-refractivity contribution in [3.05, 3.63) is 59.2 Å². The van der Waals surface area contributed by atoms with Crippen molar-refractivity contribution in [2.75, 3.05) is 6.61 Å². The third-order valence-electron chi connectivity index (χ3n) is 3.92. The van der Waals surface area contributed by atoms with Crippen molar-refractivity contribution in [3.63, 3.8) is 0 Å². The number of carbonyl (C=O) groups excluding carboxylic acids is 1. The van der Waals surface area contributed by atoms with E-state index in [9.17, 15) is 36.4 Å². The van der Waals surface area contributed by atoms with E-state index in [1.54, 1.807) is 12.1 Å². The Morgan fingerprint density at radius 2 is 1.69 bits per heavy atom. The van der Waals surface area contributed by atoms with Crippen molar-refractivity contribution in [3.8, 4) is 17.9 Å². The first kappa shape index (κ1) is 24.9. The first-order chi connectivity index (χ1) is 14.8. The highest BCUT2D eigenvalue weighted by Gasteiger charge is 2.36. The zero-order valence-corrected chi connectivity index (χ0v) is 17.0. The molecule has 2 aromatic carbocycles. The Bertz CT molecular complexity index is 1070. The Balaban J connectivity index is 2.16. The first-order valence-corrected chi connectivity index (χ1v) is 9.42. The standard InChI is InChI=1S/C20H13F6N3O2S/c1-18(10-28,11-31-16-8-12(9-27)2-7-15(16)19(21,22)23)29-17(30)13-3-5-14(6-4-13)32-20(24,25)26/h2-8H,11H2,1H3,(H,29,30)/t18-/m1/s1. The SMILES string of the molecule is C[C@@](C#N)(COc1cc(C#N)ccc1C(F)(F)F)NC(=O)c1ccc(SC(F)(F)F)cc1. The van der Waals surface area contributed by atoms with Crippen molar-refractivity contribution >= 4 is 17.7 Å². The molecule has 0 bridgehead atoms. The summed E-state index contributed by atoms with van der Waals surface area (Å²) < 4.78 is 81.9. The van der Waals surface area contributed by atoms with Gasteiger partial charge in [-0.15, -0.1) is 0 Å². The molecule has 0 unspecified atom stereocenters. The van der Waals surface area contributed by atoms with Crippen LogP contribution >= 0.6 is 11.8 Å². The molecule has 0 saturated carbocycles. The van der Waals surface area contributed by atoms with Gasteiger partial charge in [-0.25, -0.2) is 0 Å². The number of nitrogens with one attached hydrogen (secondary N) is 1. The number of nitriles is 2. The molecule has 1 N–H and O–H groups in total. The summed E-state index contributed by atoms with van der Waals surface area (Å²) in [5.74, 6) is -1.54. The van der Waals surface area contributed by atoms with Gasteiger partial charge in [-0.1, -0.05) is 0 Å². The van der Waals surface area contributed by atoms with Crippen LogP contribution in [0.5, 0.6) is 5.75 Å². The van der Waals surface area contributed by atoms with E-state index in [2.05, 4.69) is 5.32 Å². The van der Waals surface area contributed by atoms with E-state index in [4.69, 9.17) is 10.00 Å². The zero-order chi connectivity index (χ0) is 24.2. The van der Waals surface area contributed by atoms with E-state index in [0.717, 1.165) is 36.4 Å². The summed E-state index contributed by atoms with van der Waals surface area (Å²) in [5.41, 5.74) is -7.63. The summed E-state index contributed by atoms with van der Waals surface area (Å²) >= 11 is -0.368. The highest BCUT2D eigenvalue weighted by Crippen LogP contribution is 2.38. The second kappa shape index (κ2) is 9.40. The lowest BCUT2D eigenvalue weighted by molar-refractivity contribution is -0.139. The molecule has 2 rings (SSSR count). The smallest absolute Gasteiger partial charge is 0.446 e. The summed E-state index contributed by atoms with van der Waals surface area (Å²) in [5, 5.41) is 20.6. The molecular weight excluding hydrogens is 460 g/mol. The van der Waals surface area contributed by atoms with Crippen LogP contribution < -0.4 is 10.1 Å². The van der Waals surface area contributed by atoms with Gasteiger partial charge in [0.1, 0.15) is 12.4 Å². The average molecular weight is 473 g/mol. The van der Waals surface area contributed by atoms with Gasteiger partial charge in [0.15, 0.2) is 5.54 Å². The lowest BCUT2D eigenvalue weighted by Crippen LogP contribution is -2.49. The molecule has 168 valence electrons. The number of amides is 1. The molecule has 0 spiro atoms. The maximum absolute atomic E-state index is 13.2. The van der Waals surface area contributed by atoms with Gasteiger partial charge in [0.2, 0.25) is 0 Å². The Kier molecular flexibility index (Phi) is 7.31. The topological polar surface area (TPSA) is 85.9 Å². The molecular formula is C20H13F6N3O2S. The van der Waals surface area contributed by atoms with Crippen LogP contribution in [0.2, 0.25) is 0 Å². The third kappa shape index (κ3) is 6.82. The Hall–Kier alpha value is -3.38. The molecule has 0 aromatic heterocycles. The van der Waals surface area contributed by atoms with Crippen molar-refractivity contribution in [2.45, 2.75) is 29.0 Å². The maximum atomic E-state index is 13.2. The molecule has 0 heterocycles. The number of ether oxygens (including phenoxy) is 1. The van der Waals surface area contributed by atoms with Gasteiger partial charge in [0.05, 0.1) is 23.3 Å². The third-order valence-corrected chi connectivity index (χ3v) is 4.66. The van der Waals surface area contributed by atoms with Gasteiger partial charge in [-0.2, -0.15) is 36.9 Å². The second-order valence-corrected chi connectivity index (χ2v) is 7.72. The zero-order valence-electron chi connectivity index (χ0n) is 16.1. The van der Waals surface area contributed by atoms with Gasteiger partial charge in [0, 0.05) is 10.5 Å². The normalized spacial score (nSPS) is 13.4. The van der Waals surface area contributed by atoms with E-state index in [1.807, 2.05) is 0 Å². The fraction of sp³-hybridized carbons (Fsp3) is 0.250. The number of rotatable bonds is 6. The van der Waals surface area contributed by atoms with Crippen LogP contribution in [-0.4, -0.2) is 23.6 Å². The fourth-order valence-electron chi connectivity index (χ4n) is 2.39. The second-order valence-electron chi connectivity index (χ2n) is 6.58. The molecule has 1 amide bonds. The maximum Gasteiger partial charge on any atom is 0.446 e. The number of benzene rings is 2. The molecule has 12 heteroatoms. The van der Waals surface area contributed by atoms with E-state index in [1.165, 1.54) is 6.92 Å². The number of thioether (sulfide) groups is 1. The molecule has 2 aromatic rings. The number of halogens is 6. The molecule has 0 aliphatic rings. The summed E-state index contributed by atoms with van der Waals surface area (Å²) in [7, 11) is 0. The van der Waals surface area contributed by atoms with Gasteiger partial charge in [-0.3, -0.25) is 4.79 Å². The van der Waals surface area contributed by atoms with Gasteiger partial charge in [-0.05, 0) is 61.2 Å². The van der Waals surface area contributed by atoms with E-state index in [0.29, 0.717) is 6.07 Å². The fourth-order valence-corrected chi connectivity index (χ4v) is 2.93. The van der Waals surface area contributed by atoms with Gasteiger partial charge < -0.3 is 10.1 Å². The minimum Gasteiger partial charge on any atom is -0.489 e. The van der Waals surface area contributed by atoms with Crippen molar-refractivity contribution in [1.82, 2.24) is 5.32 Å². The number of nitrogens with zero attached hydrogens (tertiary/aromatic N) is 2. The van der Waals surface area contributed by atoms with Gasteiger partial charge in [0.25, 0.3) is 5.91 Å². The number of hydrogen-bond donors (Lipinski definition) is 1. The van der Waals surface area contributed by atoms with Crippen molar-refractivity contribution in [2.24, 2.45) is 0 Å². The van der Waals surface area contributed by atoms with Crippen molar-refractivity contribution < 1.29 is 35.9 Å². The summed E-state index contributed by atoms with van der Waals surface area (Å²) in [4.78, 5) is 12.2. The Morgan fingerprint density at radius 3 is 2.19 bits per heavy atom. The van der Waals surface area contributed by atoms with Crippen LogP contribution in [0.25, 0.3) is 0 Å². The van der Waals surface area contributed by atoms with Crippen LogP contribution in [0.1, 0.15) is 28.4 Å². The Labute approximate surface area is 182 Å². The predicted molar refractivity (Wildman–Crippen MR) is 101 cm³/mol. The monoisotopic (exact) mass is 473 g/mol. The van der Waals surface area contributed by atoms with Crippen LogP contribution in [-0.2, 0) is 6.18 Å². The Morgan fingerprint density at radius 1 is 1.06 bits per heavy atom. The largest absolute Gasteiger partial charge is 0.489 e. The molecule has 0 saturated heterocycles. The molecule has 1 atom stereocenters. The number of alkyl halides is 6. The lowest BCUT2D eigenvalue weighted by atomic mass is 10.0. The quantitative estimate of drug-likeness (QED) is 0.456. The summed E-state index contributed by atoms with van der Waals surface area (Å²) in [6, 6.07) is 10.2. The van der Waals surface area contributed by atoms with Crippen LogP contribution in [0, 0.1) is 22.7 Å². The lowest BCUT2D eigenvalue weighted by Gasteiger charge is -2.24. The highest BCUT2D eigenvalue weighted by molar-refractivity contribution is 8.00. The van der Waals surface area contributed by atoms with E-state index >= 15 is 0 Å². The number of hydrogen-bond acceptors (Lipinski definition) is 5. The highest BCUT2D eigenvalue weighted by atomic mass is 32.2. The summed E-state index contributed by atoms with van der Waals surface area (Å²) in [6.45, 7) is 0.495. The van der Waals surface area contributed by atoms with Crippen LogP contribution in [0.3, 0.4) is 0 Å². The van der Waals surface area contributed by atoms with Crippen molar-refractivity contribution in [1.29, 1.82) is 10.5 Å². The molecule has 32 heavy (non-hydrogen) atoms. The van der Waals surface area contributed by atoms with E-state index in [-0.39, 0.29) is 27.8 Å². The molecule has 0 aliphatic carbocycles. The minimum absolute atomic E-state index is 0.0690. The average Bonchev–Trinajstić information content (AvgIpc) is 2.70. The first-order valence-electron chi connectivity index (χ1n) is 8.60. The van der Waals surface area contributed by atoms with Crippen LogP contribution in [0.15, 0.2) is 47.4 Å². The van der Waals surface area contributed by atoms with Gasteiger partial charge >= 0.3 is 11.7 Å². The molecule has 0 fully saturated rings. The van der Waals surface area contributed by atoms with Crippen LogP contribution in [0.4, 0.5) is 26.3 Å². The summed E-state index contributed by atoms with van der Waals surface area (Å²) in [6.07, 6.45) is -4.79. The molecule has 0 aliphatic heterocycles. The number of carbonyl (C=O) groups is 1. The van der Waals surface area contributed by atoms with E-state index < -0.39 is 41.1 Å². The minimum atomic E-state index is -4.79.